The lowest BCUT2D eigenvalue weighted by Crippen LogP contribution is -2.42. The summed E-state index contributed by atoms with van der Waals surface area (Å²) in [7, 11) is 0. The van der Waals surface area contributed by atoms with Gasteiger partial charge in [-0.1, -0.05) is 13.8 Å². The zero-order chi connectivity index (χ0) is 13.8. The van der Waals surface area contributed by atoms with Crippen molar-refractivity contribution in [3.8, 4) is 0 Å². The van der Waals surface area contributed by atoms with Crippen molar-refractivity contribution in [3.63, 3.8) is 0 Å². The Kier molecular flexibility index (Phi) is 7.60. The Hall–Kier alpha value is -0.0200. The molecule has 0 radical (unpaired) electrons. The van der Waals surface area contributed by atoms with Crippen LogP contribution in [0.3, 0.4) is 0 Å². The molecule has 2 heterocycles. The number of aliphatic imine (C=N–C) groups is 1. The number of thioether (sulfide) groups is 1. The van der Waals surface area contributed by atoms with Gasteiger partial charge in [0, 0.05) is 29.5 Å². The van der Waals surface area contributed by atoms with Gasteiger partial charge in [0.1, 0.15) is 5.01 Å². The molecule has 1 saturated heterocycles. The molecule has 0 amide bonds. The largest absolute Gasteiger partial charge is 0.370 e. The van der Waals surface area contributed by atoms with Gasteiger partial charge in [0.25, 0.3) is 0 Å². The number of nitrogens with zero attached hydrogens (tertiary/aromatic N) is 3. The van der Waals surface area contributed by atoms with Gasteiger partial charge in [-0.2, -0.15) is 11.8 Å². The van der Waals surface area contributed by atoms with Gasteiger partial charge in [0.05, 0.1) is 12.2 Å². The molecule has 0 aliphatic carbocycles. The van der Waals surface area contributed by atoms with E-state index < -0.39 is 0 Å². The van der Waals surface area contributed by atoms with Crippen molar-refractivity contribution < 1.29 is 0 Å². The van der Waals surface area contributed by atoms with E-state index >= 15 is 0 Å². The lowest BCUT2D eigenvalue weighted by atomic mass is 10.1. The maximum absolute atomic E-state index is 6.04. The van der Waals surface area contributed by atoms with Crippen LogP contribution >= 0.6 is 47.1 Å². The van der Waals surface area contributed by atoms with Crippen molar-refractivity contribution in [2.24, 2.45) is 10.7 Å². The van der Waals surface area contributed by atoms with Gasteiger partial charge in [0.2, 0.25) is 0 Å². The highest BCUT2D eigenvalue weighted by Crippen LogP contribution is 2.24. The third-order valence-electron chi connectivity index (χ3n) is 3.14. The van der Waals surface area contributed by atoms with Crippen LogP contribution in [0.2, 0.25) is 0 Å². The molecule has 0 aromatic carbocycles. The Bertz CT molecular complexity index is 453. The van der Waals surface area contributed by atoms with Crippen molar-refractivity contribution in [1.29, 1.82) is 0 Å². The molecule has 7 heteroatoms. The average molecular weight is 426 g/mol. The maximum Gasteiger partial charge on any atom is 0.191 e. The fraction of sp³-hybridized carbons (Fsp3) is 0.692. The van der Waals surface area contributed by atoms with Crippen LogP contribution in [0.25, 0.3) is 0 Å². The van der Waals surface area contributed by atoms with Crippen molar-refractivity contribution in [2.45, 2.75) is 33.2 Å². The summed E-state index contributed by atoms with van der Waals surface area (Å²) in [6.45, 7) is 9.10. The van der Waals surface area contributed by atoms with Crippen molar-refractivity contribution in [1.82, 2.24) is 9.88 Å². The summed E-state index contributed by atoms with van der Waals surface area (Å²) in [5.74, 6) is 3.43. The molecular weight excluding hydrogens is 403 g/mol. The van der Waals surface area contributed by atoms with Gasteiger partial charge in [0.15, 0.2) is 5.96 Å². The monoisotopic (exact) mass is 426 g/mol. The number of guanidine groups is 1. The molecule has 1 aliphatic heterocycles. The summed E-state index contributed by atoms with van der Waals surface area (Å²) >= 11 is 3.71. The molecule has 0 atom stereocenters. The molecule has 0 unspecified atom stereocenters. The number of nitrogens with two attached hydrogens (primary N) is 1. The van der Waals surface area contributed by atoms with Crippen LogP contribution in [0.1, 0.15) is 35.3 Å². The predicted octanol–water partition coefficient (Wildman–Crippen LogP) is 3.06. The van der Waals surface area contributed by atoms with Gasteiger partial charge >= 0.3 is 0 Å². The van der Waals surface area contributed by atoms with Crippen molar-refractivity contribution in [3.05, 3.63) is 15.6 Å². The molecule has 2 N–H and O–H groups in total. The minimum absolute atomic E-state index is 0. The molecule has 1 aliphatic rings. The lowest BCUT2D eigenvalue weighted by Gasteiger charge is -2.27. The second-order valence-corrected chi connectivity index (χ2v) is 7.49. The summed E-state index contributed by atoms with van der Waals surface area (Å²) in [6.07, 6.45) is 0. The number of rotatable bonds is 3. The Morgan fingerprint density at radius 1 is 1.40 bits per heavy atom. The minimum atomic E-state index is 0. The number of hydrogen-bond acceptors (Lipinski definition) is 4. The molecule has 20 heavy (non-hydrogen) atoms. The van der Waals surface area contributed by atoms with E-state index in [9.17, 15) is 0 Å². The molecule has 1 aromatic heterocycles. The molecule has 0 saturated carbocycles. The van der Waals surface area contributed by atoms with Crippen LogP contribution in [-0.4, -0.2) is 40.4 Å². The SMILES string of the molecule is Cc1sc(CN=C(N)N2CCSCC2)nc1C(C)C.I. The Balaban J connectivity index is 0.00000200. The number of aromatic nitrogens is 1. The fourth-order valence-electron chi connectivity index (χ4n) is 2.11. The van der Waals surface area contributed by atoms with E-state index in [0.717, 1.165) is 29.6 Å². The Labute approximate surface area is 146 Å². The molecule has 0 spiro atoms. The van der Waals surface area contributed by atoms with E-state index in [2.05, 4.69) is 35.6 Å². The first-order valence-corrected chi connectivity index (χ1v) is 8.64. The zero-order valence-electron chi connectivity index (χ0n) is 12.3. The van der Waals surface area contributed by atoms with Crippen LogP contribution in [0, 0.1) is 6.92 Å². The number of thiazole rings is 1. The molecule has 0 bridgehead atoms. The van der Waals surface area contributed by atoms with E-state index in [1.54, 1.807) is 11.3 Å². The third kappa shape index (κ3) is 4.77. The van der Waals surface area contributed by atoms with Crippen molar-refractivity contribution in [2.75, 3.05) is 24.6 Å². The minimum Gasteiger partial charge on any atom is -0.370 e. The van der Waals surface area contributed by atoms with Crippen LogP contribution in [0.4, 0.5) is 0 Å². The molecule has 2 rings (SSSR count). The van der Waals surface area contributed by atoms with E-state index in [1.807, 2.05) is 11.8 Å². The van der Waals surface area contributed by atoms with E-state index in [1.165, 1.54) is 10.6 Å². The molecule has 1 aromatic rings. The summed E-state index contributed by atoms with van der Waals surface area (Å²) in [5, 5.41) is 1.07. The van der Waals surface area contributed by atoms with Crippen molar-refractivity contribution >= 4 is 53.0 Å². The molecule has 4 nitrogen and oxygen atoms in total. The highest BCUT2D eigenvalue weighted by molar-refractivity contribution is 14.0. The number of hydrogen-bond donors (Lipinski definition) is 1. The maximum atomic E-state index is 6.04. The lowest BCUT2D eigenvalue weighted by molar-refractivity contribution is 0.455. The number of halogens is 1. The second kappa shape index (κ2) is 8.43. The second-order valence-electron chi connectivity index (χ2n) is 4.98. The topological polar surface area (TPSA) is 54.5 Å². The standard InChI is InChI=1S/C13H22N4S2.HI/c1-9(2)12-10(3)19-11(16-12)8-15-13(14)17-4-6-18-7-5-17;/h9H,4-8H2,1-3H3,(H2,14,15);1H. The zero-order valence-corrected chi connectivity index (χ0v) is 16.2. The molecule has 114 valence electrons. The van der Waals surface area contributed by atoms with Gasteiger partial charge in [-0.05, 0) is 12.8 Å². The van der Waals surface area contributed by atoms with Crippen LogP contribution in [0.5, 0.6) is 0 Å². The third-order valence-corrected chi connectivity index (χ3v) is 5.05. The average Bonchev–Trinajstić information content (AvgIpc) is 2.78. The van der Waals surface area contributed by atoms with Crippen LogP contribution < -0.4 is 5.73 Å². The number of aryl methyl sites for hydroxylation is 1. The highest BCUT2D eigenvalue weighted by atomic mass is 127. The van der Waals surface area contributed by atoms with Gasteiger partial charge in [-0.3, -0.25) is 0 Å². The Morgan fingerprint density at radius 3 is 2.60 bits per heavy atom. The first kappa shape index (κ1) is 18.0. The van der Waals surface area contributed by atoms with Gasteiger partial charge in [-0.25, -0.2) is 9.98 Å². The quantitative estimate of drug-likeness (QED) is 0.459. The smallest absolute Gasteiger partial charge is 0.191 e. The highest BCUT2D eigenvalue weighted by Gasteiger charge is 2.13. The predicted molar refractivity (Wildman–Crippen MR) is 101 cm³/mol. The molecule has 1 fully saturated rings. The van der Waals surface area contributed by atoms with E-state index in [0.29, 0.717) is 18.4 Å². The van der Waals surface area contributed by atoms with Crippen LogP contribution in [-0.2, 0) is 6.54 Å². The first-order chi connectivity index (χ1) is 9.08. The van der Waals surface area contributed by atoms with Crippen LogP contribution in [0.15, 0.2) is 4.99 Å². The fourth-order valence-corrected chi connectivity index (χ4v) is 4.02. The van der Waals surface area contributed by atoms with Gasteiger partial charge in [-0.15, -0.1) is 35.3 Å². The van der Waals surface area contributed by atoms with Gasteiger partial charge < -0.3 is 10.6 Å². The summed E-state index contributed by atoms with van der Waals surface area (Å²) < 4.78 is 0. The summed E-state index contributed by atoms with van der Waals surface area (Å²) in [5.41, 5.74) is 7.24. The Morgan fingerprint density at radius 2 is 2.05 bits per heavy atom. The molecular formula is C13H23IN4S2. The summed E-state index contributed by atoms with van der Waals surface area (Å²) in [6, 6.07) is 0. The van der Waals surface area contributed by atoms with E-state index in [4.69, 9.17) is 5.73 Å². The normalized spacial score (nSPS) is 16.4. The first-order valence-electron chi connectivity index (χ1n) is 6.66. The summed E-state index contributed by atoms with van der Waals surface area (Å²) in [4.78, 5) is 12.6. The van der Waals surface area contributed by atoms with E-state index in [-0.39, 0.29) is 24.0 Å².